The molecular weight excluding hydrogens is 368 g/mol. The standard InChI is InChI=1S/C22H22N4O3/c1-12-8-9-13-15(11-12)25-21(24-13)26-17(14-7-5-6-10-23-14)16(18(27)20(26)29)19(28)22(2,3)4/h5-11,17,27H,1-4H3,(H,24,25). The van der Waals surface area contributed by atoms with Crippen molar-refractivity contribution < 1.29 is 14.7 Å². The highest BCUT2D eigenvalue weighted by Gasteiger charge is 2.48. The van der Waals surface area contributed by atoms with Crippen molar-refractivity contribution in [2.24, 2.45) is 5.41 Å². The van der Waals surface area contributed by atoms with Crippen LogP contribution in [0.3, 0.4) is 0 Å². The molecule has 148 valence electrons. The Hall–Kier alpha value is -3.48. The molecule has 4 rings (SSSR count). The number of aromatic nitrogens is 3. The molecule has 1 amide bonds. The Morgan fingerprint density at radius 2 is 1.97 bits per heavy atom. The van der Waals surface area contributed by atoms with Gasteiger partial charge in [-0.15, -0.1) is 0 Å². The molecule has 7 nitrogen and oxygen atoms in total. The minimum atomic E-state index is -0.864. The van der Waals surface area contributed by atoms with Crippen LogP contribution >= 0.6 is 0 Å². The van der Waals surface area contributed by atoms with Crippen LogP contribution in [-0.4, -0.2) is 31.7 Å². The van der Waals surface area contributed by atoms with Gasteiger partial charge in [-0.2, -0.15) is 0 Å². The molecule has 1 aromatic carbocycles. The van der Waals surface area contributed by atoms with E-state index < -0.39 is 23.1 Å². The molecule has 0 radical (unpaired) electrons. The molecule has 1 atom stereocenters. The normalized spacial score (nSPS) is 17.4. The van der Waals surface area contributed by atoms with Gasteiger partial charge in [-0.05, 0) is 36.8 Å². The number of pyridine rings is 1. The van der Waals surface area contributed by atoms with Gasteiger partial charge in [0.25, 0.3) is 5.91 Å². The van der Waals surface area contributed by atoms with Gasteiger partial charge in [-0.25, -0.2) is 4.98 Å². The number of Topliss-reactive ketones (excluding diaryl/α,β-unsaturated/α-hetero) is 1. The number of ketones is 1. The van der Waals surface area contributed by atoms with E-state index in [9.17, 15) is 14.7 Å². The van der Waals surface area contributed by atoms with E-state index in [1.54, 1.807) is 45.2 Å². The number of carbonyl (C=O) groups excluding carboxylic acids is 2. The largest absolute Gasteiger partial charge is 0.503 e. The number of hydrogen-bond donors (Lipinski definition) is 2. The molecule has 2 aromatic heterocycles. The van der Waals surface area contributed by atoms with Crippen LogP contribution in [0.2, 0.25) is 0 Å². The van der Waals surface area contributed by atoms with E-state index in [0.717, 1.165) is 11.1 Å². The molecule has 0 fully saturated rings. The third kappa shape index (κ3) is 3.08. The van der Waals surface area contributed by atoms with Crippen molar-refractivity contribution in [1.29, 1.82) is 0 Å². The number of benzene rings is 1. The molecule has 1 aliphatic rings. The van der Waals surface area contributed by atoms with Crippen molar-refractivity contribution in [3.05, 3.63) is 65.2 Å². The van der Waals surface area contributed by atoms with Crippen molar-refractivity contribution in [3.63, 3.8) is 0 Å². The van der Waals surface area contributed by atoms with Crippen LogP contribution < -0.4 is 4.90 Å². The number of aryl methyl sites for hydroxylation is 1. The average Bonchev–Trinajstić information content (AvgIpc) is 3.19. The molecule has 0 saturated carbocycles. The number of amides is 1. The maximum atomic E-state index is 13.1. The van der Waals surface area contributed by atoms with Gasteiger partial charge < -0.3 is 10.1 Å². The van der Waals surface area contributed by atoms with Crippen LogP contribution in [0.5, 0.6) is 0 Å². The van der Waals surface area contributed by atoms with Crippen molar-refractivity contribution >= 4 is 28.7 Å². The van der Waals surface area contributed by atoms with Crippen LogP contribution in [-0.2, 0) is 9.59 Å². The zero-order valence-corrected chi connectivity index (χ0v) is 16.7. The average molecular weight is 390 g/mol. The topological polar surface area (TPSA) is 99.2 Å². The lowest BCUT2D eigenvalue weighted by molar-refractivity contribution is -0.123. The number of nitrogens with zero attached hydrogens (tertiary/aromatic N) is 3. The first-order chi connectivity index (χ1) is 13.7. The highest BCUT2D eigenvalue weighted by Crippen LogP contribution is 2.42. The lowest BCUT2D eigenvalue weighted by atomic mass is 9.83. The SMILES string of the molecule is Cc1ccc2nc(N3C(=O)C(O)=C(C(=O)C(C)(C)C)C3c3ccccn3)[nH]c2c1. The number of aliphatic hydroxyl groups is 1. The summed E-state index contributed by atoms with van der Waals surface area (Å²) in [5.41, 5.74) is 2.24. The molecule has 29 heavy (non-hydrogen) atoms. The number of fused-ring (bicyclic) bond motifs is 1. The Balaban J connectivity index is 1.90. The summed E-state index contributed by atoms with van der Waals surface area (Å²) in [5, 5.41) is 10.7. The molecule has 0 aliphatic carbocycles. The number of rotatable bonds is 3. The second-order valence-corrected chi connectivity index (χ2v) is 8.25. The van der Waals surface area contributed by atoms with E-state index >= 15 is 0 Å². The first-order valence-electron chi connectivity index (χ1n) is 9.37. The van der Waals surface area contributed by atoms with E-state index in [1.165, 1.54) is 4.90 Å². The zero-order chi connectivity index (χ0) is 20.9. The minimum Gasteiger partial charge on any atom is -0.503 e. The van der Waals surface area contributed by atoms with Crippen molar-refractivity contribution in [2.75, 3.05) is 4.90 Å². The Kier molecular flexibility index (Phi) is 4.26. The summed E-state index contributed by atoms with van der Waals surface area (Å²) in [5.74, 6) is -1.29. The number of aromatic amines is 1. The lowest BCUT2D eigenvalue weighted by Crippen LogP contribution is -2.34. The van der Waals surface area contributed by atoms with Gasteiger partial charge in [0.1, 0.15) is 6.04 Å². The first-order valence-corrected chi connectivity index (χ1v) is 9.37. The van der Waals surface area contributed by atoms with E-state index in [2.05, 4.69) is 15.0 Å². The highest BCUT2D eigenvalue weighted by atomic mass is 16.3. The second kappa shape index (κ2) is 6.55. The minimum absolute atomic E-state index is 0.0397. The van der Waals surface area contributed by atoms with E-state index in [4.69, 9.17) is 0 Å². The number of nitrogens with one attached hydrogen (secondary N) is 1. The summed E-state index contributed by atoms with van der Waals surface area (Å²) in [6, 6.07) is 10.1. The maximum Gasteiger partial charge on any atom is 0.296 e. The fourth-order valence-corrected chi connectivity index (χ4v) is 3.50. The van der Waals surface area contributed by atoms with E-state index in [-0.39, 0.29) is 17.3 Å². The predicted molar refractivity (Wildman–Crippen MR) is 109 cm³/mol. The van der Waals surface area contributed by atoms with Gasteiger partial charge in [0.2, 0.25) is 5.95 Å². The Bertz CT molecular complexity index is 1160. The van der Waals surface area contributed by atoms with E-state index in [1.807, 2.05) is 25.1 Å². The number of anilines is 1. The highest BCUT2D eigenvalue weighted by molar-refractivity contribution is 6.17. The van der Waals surface area contributed by atoms with Gasteiger partial charge in [0.15, 0.2) is 11.5 Å². The fourth-order valence-electron chi connectivity index (χ4n) is 3.50. The molecule has 3 aromatic rings. The summed E-state index contributed by atoms with van der Waals surface area (Å²) < 4.78 is 0. The smallest absolute Gasteiger partial charge is 0.296 e. The summed E-state index contributed by atoms with van der Waals surface area (Å²) >= 11 is 0. The second-order valence-electron chi connectivity index (χ2n) is 8.25. The van der Waals surface area contributed by atoms with Gasteiger partial charge in [-0.3, -0.25) is 19.5 Å². The Morgan fingerprint density at radius 3 is 2.62 bits per heavy atom. The molecule has 2 N–H and O–H groups in total. The zero-order valence-electron chi connectivity index (χ0n) is 16.7. The van der Waals surface area contributed by atoms with Crippen LogP contribution in [0.15, 0.2) is 53.9 Å². The Labute approximate surface area is 168 Å². The number of imidazole rings is 1. The summed E-state index contributed by atoms with van der Waals surface area (Å²) in [6.45, 7) is 7.22. The summed E-state index contributed by atoms with van der Waals surface area (Å²) in [7, 11) is 0. The van der Waals surface area contributed by atoms with Gasteiger partial charge in [0, 0.05) is 11.6 Å². The number of aliphatic hydroxyl groups excluding tert-OH is 1. The molecule has 0 saturated heterocycles. The van der Waals surface area contributed by atoms with E-state index in [0.29, 0.717) is 11.2 Å². The Morgan fingerprint density at radius 1 is 1.21 bits per heavy atom. The van der Waals surface area contributed by atoms with Crippen molar-refractivity contribution in [3.8, 4) is 0 Å². The first kappa shape index (κ1) is 18.9. The monoisotopic (exact) mass is 390 g/mol. The van der Waals surface area contributed by atoms with Crippen LogP contribution in [0.1, 0.15) is 38.1 Å². The van der Waals surface area contributed by atoms with Crippen LogP contribution in [0.4, 0.5) is 5.95 Å². The number of carbonyl (C=O) groups is 2. The molecule has 0 bridgehead atoms. The molecule has 0 spiro atoms. The third-order valence-corrected chi connectivity index (χ3v) is 4.95. The van der Waals surface area contributed by atoms with Crippen molar-refractivity contribution in [1.82, 2.24) is 15.0 Å². The summed E-state index contributed by atoms with van der Waals surface area (Å²) in [6.07, 6.45) is 1.59. The predicted octanol–water partition coefficient (Wildman–Crippen LogP) is 3.78. The molecule has 1 aliphatic heterocycles. The quantitative estimate of drug-likeness (QED) is 0.709. The number of H-pyrrole nitrogens is 1. The third-order valence-electron chi connectivity index (χ3n) is 4.95. The molecule has 7 heteroatoms. The fraction of sp³-hybridized carbons (Fsp3) is 0.273. The summed E-state index contributed by atoms with van der Waals surface area (Å²) in [4.78, 5) is 39.5. The lowest BCUT2D eigenvalue weighted by Gasteiger charge is -2.26. The van der Waals surface area contributed by atoms with Gasteiger partial charge >= 0.3 is 0 Å². The van der Waals surface area contributed by atoms with Crippen LogP contribution in [0, 0.1) is 12.3 Å². The maximum absolute atomic E-state index is 13.1. The number of hydrogen-bond acceptors (Lipinski definition) is 5. The van der Waals surface area contributed by atoms with Gasteiger partial charge in [-0.1, -0.05) is 32.9 Å². The molecular formula is C22H22N4O3. The van der Waals surface area contributed by atoms with Crippen molar-refractivity contribution in [2.45, 2.75) is 33.7 Å². The molecule has 3 heterocycles. The van der Waals surface area contributed by atoms with Crippen LogP contribution in [0.25, 0.3) is 11.0 Å². The molecule has 1 unspecified atom stereocenters. The van der Waals surface area contributed by atoms with Gasteiger partial charge in [0.05, 0.1) is 22.3 Å².